The number of aromatic nitrogens is 4. The number of thioether (sulfide) groups is 1. The van der Waals surface area contributed by atoms with Crippen molar-refractivity contribution in [3.05, 3.63) is 94.6 Å². The van der Waals surface area contributed by atoms with Gasteiger partial charge in [0.2, 0.25) is 0 Å². The summed E-state index contributed by atoms with van der Waals surface area (Å²) in [5.41, 5.74) is 3.37. The van der Waals surface area contributed by atoms with Crippen LogP contribution in [0.1, 0.15) is 28.9 Å². The smallest absolute Gasteiger partial charge is 0.173 e. The van der Waals surface area contributed by atoms with Gasteiger partial charge in [0.05, 0.1) is 5.69 Å². The molecule has 0 fully saturated rings. The number of hydrogen-bond acceptors (Lipinski definition) is 3. The molecule has 0 aliphatic carbocycles. The van der Waals surface area contributed by atoms with E-state index in [0.29, 0.717) is 17.3 Å². The molecule has 4 aromatic rings. The summed E-state index contributed by atoms with van der Waals surface area (Å²) in [5.74, 6) is -3.62. The van der Waals surface area contributed by atoms with Gasteiger partial charge < -0.3 is 0 Å². The summed E-state index contributed by atoms with van der Waals surface area (Å²) in [6.45, 7) is 1.97. The first-order valence-electron chi connectivity index (χ1n) is 10.4. The van der Waals surface area contributed by atoms with Crippen LogP contribution in [0.4, 0.5) is 17.6 Å². The summed E-state index contributed by atoms with van der Waals surface area (Å²) in [6, 6.07) is 7.61. The fourth-order valence-electron chi connectivity index (χ4n) is 3.70. The van der Waals surface area contributed by atoms with Crippen LogP contribution in [-0.4, -0.2) is 19.3 Å². The van der Waals surface area contributed by atoms with Crippen molar-refractivity contribution in [3.63, 3.8) is 0 Å². The summed E-state index contributed by atoms with van der Waals surface area (Å²) < 4.78 is 58.9. The average Bonchev–Trinajstić information content (AvgIpc) is 3.33. The van der Waals surface area contributed by atoms with E-state index in [1.807, 2.05) is 24.7 Å². The maximum absolute atomic E-state index is 14.1. The molecule has 0 bridgehead atoms. The highest BCUT2D eigenvalue weighted by Crippen LogP contribution is 2.29. The highest BCUT2D eigenvalue weighted by Gasteiger charge is 2.18. The second-order valence-corrected chi connectivity index (χ2v) is 8.66. The van der Waals surface area contributed by atoms with E-state index in [-0.39, 0.29) is 17.1 Å². The lowest BCUT2D eigenvalue weighted by molar-refractivity contribution is 0.485. The molecule has 0 saturated carbocycles. The Morgan fingerprint density at radius 2 is 1.67 bits per heavy atom. The standard InChI is InChI=1S/C24H22F4N4S/c1-15-16(13-31(2)30-15)4-3-5-19-12-29-24(32(19)18-8-6-17(25)7-9-18)33-14-20-21(26)10-11-22(27)23(20)28/h6-13H,3-5,14H2,1-2H3. The second kappa shape index (κ2) is 9.82. The van der Waals surface area contributed by atoms with Crippen LogP contribution in [0.25, 0.3) is 5.69 Å². The van der Waals surface area contributed by atoms with Gasteiger partial charge in [0, 0.05) is 42.1 Å². The van der Waals surface area contributed by atoms with Gasteiger partial charge in [0.25, 0.3) is 0 Å². The van der Waals surface area contributed by atoms with E-state index in [2.05, 4.69) is 10.1 Å². The zero-order valence-electron chi connectivity index (χ0n) is 18.2. The van der Waals surface area contributed by atoms with Gasteiger partial charge in [0.15, 0.2) is 16.8 Å². The summed E-state index contributed by atoms with van der Waals surface area (Å²) >= 11 is 1.09. The first-order chi connectivity index (χ1) is 15.8. The van der Waals surface area contributed by atoms with E-state index in [0.717, 1.165) is 53.7 Å². The minimum absolute atomic E-state index is 0.137. The van der Waals surface area contributed by atoms with Gasteiger partial charge in [-0.25, -0.2) is 22.5 Å². The molecule has 4 rings (SSSR count). The number of hydrogen-bond donors (Lipinski definition) is 0. The molecule has 0 radical (unpaired) electrons. The van der Waals surface area contributed by atoms with E-state index in [1.165, 1.54) is 12.1 Å². The van der Waals surface area contributed by atoms with Gasteiger partial charge in [-0.3, -0.25) is 9.25 Å². The fourth-order valence-corrected chi connectivity index (χ4v) is 4.72. The van der Waals surface area contributed by atoms with E-state index in [4.69, 9.17) is 0 Å². The molecule has 33 heavy (non-hydrogen) atoms. The molecule has 0 amide bonds. The van der Waals surface area contributed by atoms with Gasteiger partial charge >= 0.3 is 0 Å². The van der Waals surface area contributed by atoms with Crippen LogP contribution in [0.2, 0.25) is 0 Å². The summed E-state index contributed by atoms with van der Waals surface area (Å²) in [4.78, 5) is 4.44. The quantitative estimate of drug-likeness (QED) is 0.180. The van der Waals surface area contributed by atoms with Crippen LogP contribution in [0.15, 0.2) is 53.9 Å². The first kappa shape index (κ1) is 23.1. The predicted molar refractivity (Wildman–Crippen MR) is 119 cm³/mol. The molecule has 9 heteroatoms. The summed E-state index contributed by atoms with van der Waals surface area (Å²) in [7, 11) is 1.88. The molecule has 172 valence electrons. The summed E-state index contributed by atoms with van der Waals surface area (Å²) in [6.07, 6.45) is 6.05. The average molecular weight is 475 g/mol. The van der Waals surface area contributed by atoms with E-state index in [1.54, 1.807) is 23.0 Å². The largest absolute Gasteiger partial charge is 0.292 e. The number of halogens is 4. The lowest BCUT2D eigenvalue weighted by Crippen LogP contribution is -2.04. The predicted octanol–water partition coefficient (Wildman–Crippen LogP) is 5.94. The normalized spacial score (nSPS) is 11.3. The molecule has 0 aliphatic heterocycles. The van der Waals surface area contributed by atoms with Gasteiger partial charge in [-0.2, -0.15) is 5.10 Å². The molecule has 2 aromatic carbocycles. The third-order valence-corrected chi connectivity index (χ3v) is 6.35. The van der Waals surface area contributed by atoms with E-state index < -0.39 is 17.5 Å². The maximum atomic E-state index is 14.1. The molecule has 2 heterocycles. The molecular formula is C24H22F4N4S. The maximum Gasteiger partial charge on any atom is 0.173 e. The molecule has 4 nitrogen and oxygen atoms in total. The van der Waals surface area contributed by atoms with Crippen molar-refractivity contribution in [1.82, 2.24) is 19.3 Å². The molecule has 0 aliphatic rings. The van der Waals surface area contributed by atoms with Crippen LogP contribution in [0.3, 0.4) is 0 Å². The highest BCUT2D eigenvalue weighted by molar-refractivity contribution is 7.98. The molecular weight excluding hydrogens is 452 g/mol. The van der Waals surface area contributed by atoms with Crippen molar-refractivity contribution in [2.24, 2.45) is 7.05 Å². The SMILES string of the molecule is Cc1nn(C)cc1CCCc1cnc(SCc2c(F)ccc(F)c2F)n1-c1ccc(F)cc1. The third kappa shape index (κ3) is 5.13. The Balaban J connectivity index is 1.58. The number of imidazole rings is 1. The zero-order chi connectivity index (χ0) is 23.5. The van der Waals surface area contributed by atoms with Crippen LogP contribution >= 0.6 is 11.8 Å². The lowest BCUT2D eigenvalue weighted by Gasteiger charge is -2.12. The number of benzene rings is 2. The van der Waals surface area contributed by atoms with E-state index in [9.17, 15) is 17.6 Å². The van der Waals surface area contributed by atoms with Crippen molar-refractivity contribution in [1.29, 1.82) is 0 Å². The Morgan fingerprint density at radius 1 is 0.939 bits per heavy atom. The van der Waals surface area contributed by atoms with Crippen molar-refractivity contribution < 1.29 is 17.6 Å². The van der Waals surface area contributed by atoms with Gasteiger partial charge in [-0.1, -0.05) is 11.8 Å². The minimum atomic E-state index is -1.20. The molecule has 0 spiro atoms. The van der Waals surface area contributed by atoms with Crippen LogP contribution in [0, 0.1) is 30.2 Å². The van der Waals surface area contributed by atoms with Crippen LogP contribution < -0.4 is 0 Å². The van der Waals surface area contributed by atoms with Crippen LogP contribution in [0.5, 0.6) is 0 Å². The lowest BCUT2D eigenvalue weighted by atomic mass is 10.1. The van der Waals surface area contributed by atoms with Crippen molar-refractivity contribution in [2.75, 3.05) is 0 Å². The minimum Gasteiger partial charge on any atom is -0.292 e. The topological polar surface area (TPSA) is 35.6 Å². The Hall–Kier alpha value is -3.07. The molecule has 0 unspecified atom stereocenters. The third-order valence-electron chi connectivity index (χ3n) is 5.37. The Labute approximate surface area is 193 Å². The Bertz CT molecular complexity index is 1260. The number of nitrogens with zero attached hydrogens (tertiary/aromatic N) is 4. The highest BCUT2D eigenvalue weighted by atomic mass is 32.2. The van der Waals surface area contributed by atoms with Crippen LogP contribution in [-0.2, 0) is 25.6 Å². The summed E-state index contributed by atoms with van der Waals surface area (Å²) in [5, 5.41) is 4.84. The van der Waals surface area contributed by atoms with Crippen molar-refractivity contribution >= 4 is 11.8 Å². The van der Waals surface area contributed by atoms with Gasteiger partial charge in [-0.05, 0) is 68.1 Å². The Morgan fingerprint density at radius 3 is 2.36 bits per heavy atom. The van der Waals surface area contributed by atoms with Crippen molar-refractivity contribution in [3.8, 4) is 5.69 Å². The zero-order valence-corrected chi connectivity index (χ0v) is 19.0. The van der Waals surface area contributed by atoms with Crippen molar-refractivity contribution in [2.45, 2.75) is 37.1 Å². The molecule has 0 saturated heterocycles. The van der Waals surface area contributed by atoms with Gasteiger partial charge in [0.1, 0.15) is 11.6 Å². The van der Waals surface area contributed by atoms with E-state index >= 15 is 0 Å². The van der Waals surface area contributed by atoms with Gasteiger partial charge in [-0.15, -0.1) is 0 Å². The fraction of sp³-hybridized carbons (Fsp3) is 0.250. The second-order valence-electron chi connectivity index (χ2n) is 7.72. The Kier molecular flexibility index (Phi) is 6.88. The monoisotopic (exact) mass is 474 g/mol. The number of rotatable bonds is 8. The molecule has 0 N–H and O–H groups in total. The molecule has 0 atom stereocenters. The number of aryl methyl sites for hydroxylation is 4. The molecule has 2 aromatic heterocycles. The first-order valence-corrected chi connectivity index (χ1v) is 11.4.